The van der Waals surface area contributed by atoms with Gasteiger partial charge in [0.15, 0.2) is 5.65 Å². The largest absolute Gasteiger partial charge is 0.344 e. The maximum absolute atomic E-state index is 13.4. The third-order valence-corrected chi connectivity index (χ3v) is 5.18. The number of likely N-dealkylation sites (tertiary alicyclic amines) is 1. The van der Waals surface area contributed by atoms with Gasteiger partial charge in [-0.15, -0.1) is 0 Å². The lowest BCUT2D eigenvalue weighted by atomic mass is 10.0. The molecule has 2 amide bonds. The number of hydrogen-bond donors (Lipinski definition) is 2. The molecule has 1 fully saturated rings. The first-order chi connectivity index (χ1) is 15.0. The van der Waals surface area contributed by atoms with Gasteiger partial charge >= 0.3 is 0 Å². The van der Waals surface area contributed by atoms with Gasteiger partial charge in [-0.3, -0.25) is 9.59 Å². The summed E-state index contributed by atoms with van der Waals surface area (Å²) in [5, 5.41) is 11.4. The molecular formula is C20H15FN8O2. The van der Waals surface area contributed by atoms with Crippen molar-refractivity contribution in [1.29, 1.82) is 5.26 Å². The predicted molar refractivity (Wildman–Crippen MR) is 106 cm³/mol. The average Bonchev–Trinajstić information content (AvgIpc) is 3.34. The van der Waals surface area contributed by atoms with Gasteiger partial charge in [-0.05, 0) is 12.1 Å². The lowest BCUT2D eigenvalue weighted by Crippen LogP contribution is -2.52. The van der Waals surface area contributed by atoms with Gasteiger partial charge in [-0.1, -0.05) is 0 Å². The van der Waals surface area contributed by atoms with E-state index < -0.39 is 11.7 Å². The van der Waals surface area contributed by atoms with E-state index in [-0.39, 0.29) is 23.9 Å². The number of nitrogens with one attached hydrogen (secondary N) is 2. The lowest BCUT2D eigenvalue weighted by molar-refractivity contribution is -0.135. The number of halogens is 1. The minimum Gasteiger partial charge on any atom is -0.344 e. The van der Waals surface area contributed by atoms with Crippen LogP contribution in [0.4, 0.5) is 4.39 Å². The van der Waals surface area contributed by atoms with E-state index in [1.807, 2.05) is 0 Å². The molecule has 0 atom stereocenters. The number of carbonyl (C=O) groups is 2. The molecule has 0 aromatic carbocycles. The summed E-state index contributed by atoms with van der Waals surface area (Å²) in [6.07, 6.45) is 5.78. The first-order valence-corrected chi connectivity index (χ1v) is 9.46. The molecule has 0 radical (unpaired) electrons. The number of aromatic nitrogens is 5. The molecule has 0 spiro atoms. The molecular weight excluding hydrogens is 403 g/mol. The second-order valence-electron chi connectivity index (χ2n) is 7.20. The topological polar surface area (TPSA) is 132 Å². The van der Waals surface area contributed by atoms with Gasteiger partial charge in [-0.25, -0.2) is 19.3 Å². The summed E-state index contributed by atoms with van der Waals surface area (Å²) in [6, 6.07) is 5.02. The number of amides is 2. The van der Waals surface area contributed by atoms with Crippen LogP contribution in [0.15, 0.2) is 37.1 Å². The number of fused-ring (bicyclic) bond motifs is 2. The van der Waals surface area contributed by atoms with Gasteiger partial charge in [0.2, 0.25) is 5.91 Å². The monoisotopic (exact) mass is 418 g/mol. The van der Waals surface area contributed by atoms with E-state index in [2.05, 4.69) is 31.3 Å². The van der Waals surface area contributed by atoms with Crippen molar-refractivity contribution in [2.75, 3.05) is 19.6 Å². The zero-order valence-electron chi connectivity index (χ0n) is 16.0. The smallest absolute Gasteiger partial charge is 0.255 e. The van der Waals surface area contributed by atoms with Crippen LogP contribution < -0.4 is 5.32 Å². The number of H-pyrrole nitrogens is 1. The summed E-state index contributed by atoms with van der Waals surface area (Å²) in [5.74, 6) is -1.25. The fourth-order valence-corrected chi connectivity index (χ4v) is 3.48. The summed E-state index contributed by atoms with van der Waals surface area (Å²) in [4.78, 5) is 42.3. The molecule has 154 valence electrons. The summed E-state index contributed by atoms with van der Waals surface area (Å²) in [5.41, 5.74) is 2.56. The number of pyridine rings is 1. The molecule has 10 nitrogen and oxygen atoms in total. The van der Waals surface area contributed by atoms with Crippen molar-refractivity contribution >= 4 is 28.5 Å². The highest BCUT2D eigenvalue weighted by molar-refractivity contribution is 6.05. The number of nitriles is 1. The fourth-order valence-electron chi connectivity index (χ4n) is 3.48. The molecule has 5 heterocycles. The van der Waals surface area contributed by atoms with Gasteiger partial charge in [0.1, 0.15) is 29.0 Å². The highest BCUT2D eigenvalue weighted by Crippen LogP contribution is 2.24. The maximum atomic E-state index is 13.4. The quantitative estimate of drug-likeness (QED) is 0.511. The van der Waals surface area contributed by atoms with Gasteiger partial charge in [0.05, 0.1) is 35.8 Å². The minimum atomic E-state index is -0.472. The molecule has 0 aliphatic carbocycles. The third kappa shape index (κ3) is 3.24. The van der Waals surface area contributed by atoms with Crippen molar-refractivity contribution in [2.45, 2.75) is 0 Å². The van der Waals surface area contributed by atoms with Crippen LogP contribution in [0.3, 0.4) is 0 Å². The number of carbonyl (C=O) groups excluding carboxylic acids is 2. The Morgan fingerprint density at radius 1 is 1.32 bits per heavy atom. The maximum Gasteiger partial charge on any atom is 0.255 e. The molecule has 0 saturated carbocycles. The van der Waals surface area contributed by atoms with Gasteiger partial charge in [0.25, 0.3) is 5.91 Å². The SMILES string of the molecule is N#CC1CN(C(=O)CNC(=O)c2c[nH]c3ncc(-c4ncn5cc(F)ccc45)nc23)C1. The van der Waals surface area contributed by atoms with Gasteiger partial charge in [-0.2, -0.15) is 5.26 Å². The van der Waals surface area contributed by atoms with Gasteiger partial charge < -0.3 is 19.6 Å². The molecule has 5 rings (SSSR count). The number of hydrogen-bond acceptors (Lipinski definition) is 6. The van der Waals surface area contributed by atoms with Crippen molar-refractivity contribution < 1.29 is 14.0 Å². The third-order valence-electron chi connectivity index (χ3n) is 5.18. The molecule has 4 aromatic heterocycles. The highest BCUT2D eigenvalue weighted by Gasteiger charge is 2.30. The molecule has 31 heavy (non-hydrogen) atoms. The Morgan fingerprint density at radius 3 is 2.97 bits per heavy atom. The predicted octanol–water partition coefficient (Wildman–Crippen LogP) is 1.12. The summed E-state index contributed by atoms with van der Waals surface area (Å²) < 4.78 is 15.0. The van der Waals surface area contributed by atoms with Crippen molar-refractivity contribution in [3.05, 3.63) is 48.4 Å². The van der Waals surface area contributed by atoms with Crippen LogP contribution in [0.25, 0.3) is 28.1 Å². The molecule has 0 bridgehead atoms. The Kier molecular flexibility index (Phi) is 4.32. The molecule has 1 saturated heterocycles. The highest BCUT2D eigenvalue weighted by atomic mass is 19.1. The second kappa shape index (κ2) is 7.17. The van der Waals surface area contributed by atoms with Crippen LogP contribution in [0.1, 0.15) is 10.4 Å². The van der Waals surface area contributed by atoms with Crippen LogP contribution in [0.2, 0.25) is 0 Å². The van der Waals surface area contributed by atoms with Gasteiger partial charge in [0, 0.05) is 25.5 Å². The van der Waals surface area contributed by atoms with E-state index in [1.165, 1.54) is 35.9 Å². The van der Waals surface area contributed by atoms with E-state index in [0.717, 1.165) is 0 Å². The summed E-state index contributed by atoms with van der Waals surface area (Å²) >= 11 is 0. The fraction of sp³-hybridized carbons (Fsp3) is 0.200. The number of rotatable bonds is 4. The zero-order valence-corrected chi connectivity index (χ0v) is 16.0. The lowest BCUT2D eigenvalue weighted by Gasteiger charge is -2.35. The van der Waals surface area contributed by atoms with E-state index in [9.17, 15) is 14.0 Å². The van der Waals surface area contributed by atoms with Crippen LogP contribution in [0, 0.1) is 23.1 Å². The Balaban J connectivity index is 1.38. The molecule has 1 aliphatic heterocycles. The van der Waals surface area contributed by atoms with Crippen LogP contribution >= 0.6 is 0 Å². The molecule has 2 N–H and O–H groups in total. The molecule has 1 aliphatic rings. The van der Waals surface area contributed by atoms with Crippen molar-refractivity contribution in [2.24, 2.45) is 5.92 Å². The summed E-state index contributed by atoms with van der Waals surface area (Å²) in [7, 11) is 0. The minimum absolute atomic E-state index is 0.141. The average molecular weight is 418 g/mol. The first-order valence-electron chi connectivity index (χ1n) is 9.46. The number of aromatic amines is 1. The van der Waals surface area contributed by atoms with E-state index in [4.69, 9.17) is 5.26 Å². The standard InChI is InChI=1S/C20H15FN8O2/c21-12-1-2-15-18(26-10-29(15)9-12)14-5-24-19-17(27-14)13(4-23-19)20(31)25-6-16(30)28-7-11(3-22)8-28/h1-2,4-5,9-11H,6-8H2,(H,23,24)(H,25,31). The zero-order chi connectivity index (χ0) is 21.5. The Labute approximate surface area is 174 Å². The summed E-state index contributed by atoms with van der Waals surface area (Å²) in [6.45, 7) is 0.597. The molecule has 4 aromatic rings. The van der Waals surface area contributed by atoms with Crippen LogP contribution in [0.5, 0.6) is 0 Å². The number of imidazole rings is 1. The van der Waals surface area contributed by atoms with Crippen molar-refractivity contribution in [1.82, 2.24) is 34.6 Å². The van der Waals surface area contributed by atoms with Crippen molar-refractivity contribution in [3.8, 4) is 17.5 Å². The van der Waals surface area contributed by atoms with E-state index >= 15 is 0 Å². The van der Waals surface area contributed by atoms with Crippen LogP contribution in [-0.2, 0) is 4.79 Å². The Bertz CT molecular complexity index is 1380. The van der Waals surface area contributed by atoms with Crippen LogP contribution in [-0.4, -0.2) is 60.7 Å². The molecule has 11 heteroatoms. The normalized spacial score (nSPS) is 13.9. The van der Waals surface area contributed by atoms with E-state index in [0.29, 0.717) is 41.2 Å². The number of nitrogens with zero attached hydrogens (tertiary/aromatic N) is 6. The first kappa shape index (κ1) is 18.7. The molecule has 0 unspecified atom stereocenters. The Hall–Kier alpha value is -4.33. The van der Waals surface area contributed by atoms with Crippen molar-refractivity contribution in [3.63, 3.8) is 0 Å². The second-order valence-corrected chi connectivity index (χ2v) is 7.20. The van der Waals surface area contributed by atoms with E-state index in [1.54, 1.807) is 10.5 Å². The Morgan fingerprint density at radius 2 is 2.16 bits per heavy atom.